The van der Waals surface area contributed by atoms with Gasteiger partial charge in [0.25, 0.3) is 0 Å². The molecule has 1 unspecified atom stereocenters. The van der Waals surface area contributed by atoms with Crippen LogP contribution in [-0.2, 0) is 28.6 Å². The molecular formula is C75H136O6. The third-order valence-corrected chi connectivity index (χ3v) is 16.0. The van der Waals surface area contributed by atoms with Crippen molar-refractivity contribution in [2.45, 2.75) is 386 Å². The van der Waals surface area contributed by atoms with Gasteiger partial charge >= 0.3 is 17.9 Å². The summed E-state index contributed by atoms with van der Waals surface area (Å²) in [4.78, 5) is 38.3. The van der Waals surface area contributed by atoms with E-state index in [1.165, 1.54) is 263 Å². The van der Waals surface area contributed by atoms with E-state index >= 15 is 0 Å². The summed E-state index contributed by atoms with van der Waals surface area (Å²) in [5.74, 6) is -0.853. The molecule has 0 aliphatic heterocycles. The highest BCUT2D eigenvalue weighted by molar-refractivity contribution is 5.71. The molecule has 0 spiro atoms. The van der Waals surface area contributed by atoms with Gasteiger partial charge in [-0.3, -0.25) is 14.4 Å². The van der Waals surface area contributed by atoms with Crippen molar-refractivity contribution < 1.29 is 28.6 Å². The smallest absolute Gasteiger partial charge is 0.306 e. The summed E-state index contributed by atoms with van der Waals surface area (Å²) in [6.07, 6.45) is 89.8. The zero-order valence-corrected chi connectivity index (χ0v) is 54.3. The highest BCUT2D eigenvalue weighted by Crippen LogP contribution is 2.18. The van der Waals surface area contributed by atoms with E-state index in [9.17, 15) is 14.4 Å². The van der Waals surface area contributed by atoms with Gasteiger partial charge in [-0.15, -0.1) is 0 Å². The van der Waals surface area contributed by atoms with E-state index in [4.69, 9.17) is 14.2 Å². The first kappa shape index (κ1) is 78.1. The molecule has 0 radical (unpaired) electrons. The Morgan fingerprint density at radius 2 is 0.444 bits per heavy atom. The molecule has 0 fully saturated rings. The fourth-order valence-corrected chi connectivity index (χ4v) is 10.6. The Hall–Kier alpha value is -2.89. The van der Waals surface area contributed by atoms with Crippen LogP contribution in [0.2, 0.25) is 0 Å². The van der Waals surface area contributed by atoms with E-state index in [0.29, 0.717) is 19.3 Å². The molecular weight excluding hydrogens is 997 g/mol. The number of esters is 3. The summed E-state index contributed by atoms with van der Waals surface area (Å²) >= 11 is 0. The normalized spacial score (nSPS) is 12.4. The average Bonchev–Trinajstić information content (AvgIpc) is 3.47. The van der Waals surface area contributed by atoms with E-state index in [0.717, 1.165) is 77.0 Å². The van der Waals surface area contributed by atoms with Crippen molar-refractivity contribution in [3.8, 4) is 0 Å². The molecule has 0 heterocycles. The van der Waals surface area contributed by atoms with E-state index in [2.05, 4.69) is 81.5 Å². The molecule has 0 saturated heterocycles. The molecule has 6 heteroatoms. The summed E-state index contributed by atoms with van der Waals surface area (Å²) in [6.45, 7) is 6.65. The van der Waals surface area contributed by atoms with Gasteiger partial charge in [0, 0.05) is 19.3 Å². The zero-order valence-electron chi connectivity index (χ0n) is 54.3. The minimum atomic E-state index is -0.773. The number of hydrogen-bond acceptors (Lipinski definition) is 6. The molecule has 0 amide bonds. The summed E-state index contributed by atoms with van der Waals surface area (Å²) in [6, 6.07) is 0. The molecule has 6 nitrogen and oxygen atoms in total. The van der Waals surface area contributed by atoms with Crippen LogP contribution in [0, 0.1) is 0 Å². The zero-order chi connectivity index (χ0) is 58.5. The van der Waals surface area contributed by atoms with Crippen molar-refractivity contribution in [2.75, 3.05) is 13.2 Å². The summed E-state index contributed by atoms with van der Waals surface area (Å²) in [7, 11) is 0. The largest absolute Gasteiger partial charge is 0.462 e. The molecule has 0 aliphatic rings. The fourth-order valence-electron chi connectivity index (χ4n) is 10.6. The highest BCUT2D eigenvalue weighted by Gasteiger charge is 2.19. The SMILES string of the molecule is CCCCCCC/C=C\C/C=C\C/C=C\CCCCCCCCCCCCCCCCCCC(=O)OCC(COC(=O)CCCCCCCCCCC)OC(=O)CCCCCCCCCCCCC/C=C\C/C=C\CCCCCCC. The Bertz CT molecular complexity index is 1440. The van der Waals surface area contributed by atoms with Crippen LogP contribution in [-0.4, -0.2) is 37.2 Å². The van der Waals surface area contributed by atoms with Crippen LogP contribution < -0.4 is 0 Å². The molecule has 0 N–H and O–H groups in total. The molecule has 0 aliphatic carbocycles. The van der Waals surface area contributed by atoms with Crippen molar-refractivity contribution in [1.82, 2.24) is 0 Å². The molecule has 0 saturated carbocycles. The number of hydrogen-bond donors (Lipinski definition) is 0. The van der Waals surface area contributed by atoms with Gasteiger partial charge in [0.15, 0.2) is 6.10 Å². The highest BCUT2D eigenvalue weighted by atomic mass is 16.6. The second kappa shape index (κ2) is 69.6. The summed E-state index contributed by atoms with van der Waals surface area (Å²) in [5.41, 5.74) is 0. The lowest BCUT2D eigenvalue weighted by atomic mass is 10.0. The lowest BCUT2D eigenvalue weighted by molar-refractivity contribution is -0.167. The van der Waals surface area contributed by atoms with Gasteiger partial charge in [-0.05, 0) is 89.9 Å². The summed E-state index contributed by atoms with van der Waals surface area (Å²) in [5, 5.41) is 0. The quantitative estimate of drug-likeness (QED) is 0.0261. The fraction of sp³-hybridized carbons (Fsp3) is 0.827. The van der Waals surface area contributed by atoms with Gasteiger partial charge < -0.3 is 14.2 Å². The lowest BCUT2D eigenvalue weighted by Crippen LogP contribution is -2.30. The molecule has 1 atom stereocenters. The predicted octanol–water partition coefficient (Wildman–Crippen LogP) is 24.7. The molecule has 0 rings (SSSR count). The van der Waals surface area contributed by atoms with Crippen LogP contribution in [0.5, 0.6) is 0 Å². The maximum atomic E-state index is 12.9. The average molecular weight is 1130 g/mol. The van der Waals surface area contributed by atoms with Crippen molar-refractivity contribution in [1.29, 1.82) is 0 Å². The van der Waals surface area contributed by atoms with Gasteiger partial charge in [0.05, 0.1) is 0 Å². The standard InChI is InChI=1S/C75H136O6/c1-4-7-10-13-16-19-21-23-25-27-29-31-33-34-35-36-37-38-39-40-42-43-45-47-49-51-53-56-59-62-65-68-74(77)80-71-72(70-79-73(76)67-64-61-58-55-18-15-12-9-6-3)81-75(78)69-66-63-60-57-54-52-50-48-46-44-41-32-30-28-26-24-22-20-17-14-11-8-5-2/h21-24,27-30,33-34,72H,4-20,25-26,31-32,35-71H2,1-3H3/b23-21-,24-22-,29-27-,30-28-,34-33-. The number of unbranched alkanes of at least 4 members (excludes halogenated alkanes) is 45. The van der Waals surface area contributed by atoms with Crippen LogP contribution in [0.15, 0.2) is 60.8 Å². The molecule has 0 aromatic carbocycles. The number of rotatable bonds is 66. The van der Waals surface area contributed by atoms with Gasteiger partial charge in [-0.2, -0.15) is 0 Å². The van der Waals surface area contributed by atoms with Crippen LogP contribution in [0.25, 0.3) is 0 Å². The van der Waals surface area contributed by atoms with Crippen molar-refractivity contribution in [3.63, 3.8) is 0 Å². The van der Waals surface area contributed by atoms with E-state index in [-0.39, 0.29) is 31.1 Å². The van der Waals surface area contributed by atoms with Crippen molar-refractivity contribution >= 4 is 17.9 Å². The Balaban J connectivity index is 4.10. The Morgan fingerprint density at radius 1 is 0.247 bits per heavy atom. The van der Waals surface area contributed by atoms with Gasteiger partial charge in [-0.1, -0.05) is 332 Å². The topological polar surface area (TPSA) is 78.9 Å². The van der Waals surface area contributed by atoms with E-state index < -0.39 is 6.10 Å². The second-order valence-corrected chi connectivity index (χ2v) is 24.1. The number of ether oxygens (including phenoxy) is 3. The first-order chi connectivity index (χ1) is 40.0. The number of carbonyl (C=O) groups is 3. The third-order valence-electron chi connectivity index (χ3n) is 16.0. The molecule has 472 valence electrons. The number of allylic oxidation sites excluding steroid dienone is 10. The van der Waals surface area contributed by atoms with E-state index in [1.54, 1.807) is 0 Å². The van der Waals surface area contributed by atoms with Gasteiger partial charge in [0.1, 0.15) is 13.2 Å². The molecule has 0 aromatic rings. The van der Waals surface area contributed by atoms with Crippen LogP contribution >= 0.6 is 0 Å². The van der Waals surface area contributed by atoms with Crippen molar-refractivity contribution in [2.24, 2.45) is 0 Å². The van der Waals surface area contributed by atoms with Gasteiger partial charge in [0.2, 0.25) is 0 Å². The lowest BCUT2D eigenvalue weighted by Gasteiger charge is -2.18. The van der Waals surface area contributed by atoms with Crippen LogP contribution in [0.3, 0.4) is 0 Å². The Kier molecular flexibility index (Phi) is 67.1. The Labute approximate surface area is 504 Å². The molecule has 0 bridgehead atoms. The minimum Gasteiger partial charge on any atom is -0.462 e. The van der Waals surface area contributed by atoms with Crippen molar-refractivity contribution in [3.05, 3.63) is 60.8 Å². The maximum absolute atomic E-state index is 12.9. The van der Waals surface area contributed by atoms with E-state index in [1.807, 2.05) is 0 Å². The second-order valence-electron chi connectivity index (χ2n) is 24.1. The monoisotopic (exact) mass is 1130 g/mol. The summed E-state index contributed by atoms with van der Waals surface area (Å²) < 4.78 is 16.9. The van der Waals surface area contributed by atoms with Crippen LogP contribution in [0.1, 0.15) is 380 Å². The minimum absolute atomic E-state index is 0.0703. The number of carbonyl (C=O) groups excluding carboxylic acids is 3. The van der Waals surface area contributed by atoms with Crippen LogP contribution in [0.4, 0.5) is 0 Å². The first-order valence-electron chi connectivity index (χ1n) is 35.8. The Morgan fingerprint density at radius 3 is 0.691 bits per heavy atom. The maximum Gasteiger partial charge on any atom is 0.306 e. The third kappa shape index (κ3) is 67.8. The molecule has 81 heavy (non-hydrogen) atoms. The predicted molar refractivity (Wildman–Crippen MR) is 353 cm³/mol. The first-order valence-corrected chi connectivity index (χ1v) is 35.8. The van der Waals surface area contributed by atoms with Gasteiger partial charge in [-0.25, -0.2) is 0 Å². The molecule has 0 aromatic heterocycles.